The molecule has 0 aliphatic carbocycles. The maximum atomic E-state index is 6.77. The Hall–Kier alpha value is -1.47. The maximum absolute atomic E-state index is 6.77. The van der Waals surface area contributed by atoms with E-state index in [2.05, 4.69) is 49.4 Å². The summed E-state index contributed by atoms with van der Waals surface area (Å²) in [5.74, 6) is 1.36. The van der Waals surface area contributed by atoms with Gasteiger partial charge in [0.1, 0.15) is 5.75 Å². The van der Waals surface area contributed by atoms with Gasteiger partial charge in [-0.25, -0.2) is 0 Å². The third kappa shape index (κ3) is 2.55. The van der Waals surface area contributed by atoms with Crippen LogP contribution >= 0.6 is 11.6 Å². The molecule has 0 amide bonds. The van der Waals surface area contributed by atoms with Crippen LogP contribution < -0.4 is 4.74 Å². The van der Waals surface area contributed by atoms with E-state index >= 15 is 0 Å². The topological polar surface area (TPSA) is 9.23 Å². The van der Waals surface area contributed by atoms with Crippen molar-refractivity contribution >= 4 is 11.6 Å². The zero-order valence-corrected chi connectivity index (χ0v) is 12.4. The number of halogens is 1. The second-order valence-electron chi connectivity index (χ2n) is 5.29. The zero-order chi connectivity index (χ0) is 13.9. The lowest BCUT2D eigenvalue weighted by Crippen LogP contribution is -2.05. The van der Waals surface area contributed by atoms with E-state index in [0.29, 0.717) is 5.92 Å². The molecule has 2 heteroatoms. The van der Waals surface area contributed by atoms with Gasteiger partial charge in [0.25, 0.3) is 0 Å². The van der Waals surface area contributed by atoms with E-state index in [1.165, 1.54) is 16.7 Å². The summed E-state index contributed by atoms with van der Waals surface area (Å²) < 4.78 is 5.56. The summed E-state index contributed by atoms with van der Waals surface area (Å²) in [5.41, 5.74) is 3.80. The molecule has 0 fully saturated rings. The van der Waals surface area contributed by atoms with Crippen molar-refractivity contribution in [2.24, 2.45) is 0 Å². The van der Waals surface area contributed by atoms with Crippen molar-refractivity contribution in [3.63, 3.8) is 0 Å². The number of hydrogen-bond donors (Lipinski definition) is 0. The van der Waals surface area contributed by atoms with E-state index in [9.17, 15) is 0 Å². The van der Waals surface area contributed by atoms with Gasteiger partial charge < -0.3 is 4.74 Å². The normalized spacial score (nSPS) is 16.3. The van der Waals surface area contributed by atoms with Crippen LogP contribution in [-0.2, 0) is 6.42 Å². The van der Waals surface area contributed by atoms with E-state index in [1.807, 2.05) is 6.07 Å². The van der Waals surface area contributed by atoms with Crippen molar-refractivity contribution in [3.8, 4) is 5.75 Å². The van der Waals surface area contributed by atoms with Crippen molar-refractivity contribution in [3.05, 3.63) is 65.2 Å². The second kappa shape index (κ2) is 5.88. The fourth-order valence-electron chi connectivity index (χ4n) is 2.92. The second-order valence-corrected chi connectivity index (χ2v) is 5.76. The zero-order valence-electron chi connectivity index (χ0n) is 11.7. The number of alkyl halides is 1. The average molecular weight is 287 g/mol. The minimum absolute atomic E-state index is 0.00769. The predicted molar refractivity (Wildman–Crippen MR) is 83.7 cm³/mol. The first-order valence-electron chi connectivity index (χ1n) is 7.24. The van der Waals surface area contributed by atoms with Crippen molar-refractivity contribution in [1.82, 2.24) is 0 Å². The van der Waals surface area contributed by atoms with Crippen LogP contribution in [0, 0.1) is 0 Å². The largest absolute Gasteiger partial charge is 0.493 e. The number of benzene rings is 2. The SMILES string of the molecule is CCC(c1ccccc1)C(Cl)c1ccc2c(c1)CCO2. The molecule has 1 aliphatic heterocycles. The van der Waals surface area contributed by atoms with Gasteiger partial charge in [0.2, 0.25) is 0 Å². The van der Waals surface area contributed by atoms with E-state index in [-0.39, 0.29) is 5.38 Å². The summed E-state index contributed by atoms with van der Waals surface area (Å²) in [6.07, 6.45) is 2.03. The molecule has 0 radical (unpaired) electrons. The maximum Gasteiger partial charge on any atom is 0.122 e. The molecule has 2 atom stereocenters. The monoisotopic (exact) mass is 286 g/mol. The van der Waals surface area contributed by atoms with E-state index in [0.717, 1.165) is 25.2 Å². The van der Waals surface area contributed by atoms with Crippen molar-refractivity contribution in [1.29, 1.82) is 0 Å². The van der Waals surface area contributed by atoms with Crippen LogP contribution in [0.4, 0.5) is 0 Å². The fourth-order valence-corrected chi connectivity index (χ4v) is 3.38. The summed E-state index contributed by atoms with van der Waals surface area (Å²) in [4.78, 5) is 0. The van der Waals surface area contributed by atoms with Crippen LogP contribution in [-0.4, -0.2) is 6.61 Å². The van der Waals surface area contributed by atoms with Gasteiger partial charge in [-0.05, 0) is 29.2 Å². The van der Waals surface area contributed by atoms with Gasteiger partial charge in [0, 0.05) is 12.3 Å². The number of fused-ring (bicyclic) bond motifs is 1. The molecule has 0 saturated carbocycles. The molecular formula is C18H19ClO. The van der Waals surface area contributed by atoms with E-state index in [4.69, 9.17) is 16.3 Å². The van der Waals surface area contributed by atoms with Crippen molar-refractivity contribution in [2.75, 3.05) is 6.61 Å². The number of rotatable bonds is 4. The van der Waals surface area contributed by atoms with Gasteiger partial charge in [0.15, 0.2) is 0 Å². The summed E-state index contributed by atoms with van der Waals surface area (Å²) in [5, 5.41) is 0.00769. The first-order chi connectivity index (χ1) is 9.79. The Morgan fingerprint density at radius 1 is 1.10 bits per heavy atom. The van der Waals surface area contributed by atoms with Crippen LogP contribution in [0.15, 0.2) is 48.5 Å². The van der Waals surface area contributed by atoms with Gasteiger partial charge in [-0.3, -0.25) is 0 Å². The molecule has 1 heterocycles. The molecule has 104 valence electrons. The van der Waals surface area contributed by atoms with Crippen LogP contribution in [0.25, 0.3) is 0 Å². The van der Waals surface area contributed by atoms with Gasteiger partial charge >= 0.3 is 0 Å². The third-order valence-corrected chi connectivity index (χ3v) is 4.61. The fraction of sp³-hybridized carbons (Fsp3) is 0.333. The molecule has 1 nitrogen and oxygen atoms in total. The Bertz CT molecular complexity index is 579. The lowest BCUT2D eigenvalue weighted by molar-refractivity contribution is 0.357. The Labute approximate surface area is 125 Å². The molecule has 0 bridgehead atoms. The average Bonchev–Trinajstić information content (AvgIpc) is 2.96. The van der Waals surface area contributed by atoms with Gasteiger partial charge in [-0.2, -0.15) is 0 Å². The molecule has 0 aromatic heterocycles. The highest BCUT2D eigenvalue weighted by Crippen LogP contribution is 2.40. The first-order valence-corrected chi connectivity index (χ1v) is 7.68. The van der Waals surface area contributed by atoms with Gasteiger partial charge in [0.05, 0.1) is 12.0 Å². The van der Waals surface area contributed by atoms with Gasteiger partial charge in [-0.15, -0.1) is 11.6 Å². The lowest BCUT2D eigenvalue weighted by atomic mass is 9.89. The molecule has 20 heavy (non-hydrogen) atoms. The van der Waals surface area contributed by atoms with Crippen LogP contribution in [0.2, 0.25) is 0 Å². The van der Waals surface area contributed by atoms with Crippen LogP contribution in [0.1, 0.15) is 41.3 Å². The Morgan fingerprint density at radius 3 is 2.65 bits per heavy atom. The van der Waals surface area contributed by atoms with E-state index < -0.39 is 0 Å². The Kier molecular flexibility index (Phi) is 3.98. The smallest absolute Gasteiger partial charge is 0.122 e. The minimum atomic E-state index is 0.00769. The highest BCUT2D eigenvalue weighted by Gasteiger charge is 2.23. The van der Waals surface area contributed by atoms with Crippen molar-refractivity contribution in [2.45, 2.75) is 31.1 Å². The predicted octanol–water partition coefficient (Wildman–Crippen LogP) is 5.10. The highest BCUT2D eigenvalue weighted by molar-refractivity contribution is 6.21. The molecule has 2 unspecified atom stereocenters. The van der Waals surface area contributed by atoms with E-state index in [1.54, 1.807) is 0 Å². The molecule has 0 spiro atoms. The standard InChI is InChI=1S/C18H19ClO/c1-2-16(13-6-4-3-5-7-13)18(19)15-8-9-17-14(12-15)10-11-20-17/h3-9,12,16,18H,2,10-11H2,1H3. The molecule has 2 aromatic rings. The van der Waals surface area contributed by atoms with Crippen molar-refractivity contribution < 1.29 is 4.74 Å². The van der Waals surface area contributed by atoms with Crippen LogP contribution in [0.3, 0.4) is 0 Å². The molecule has 2 aromatic carbocycles. The number of ether oxygens (including phenoxy) is 1. The number of hydrogen-bond acceptors (Lipinski definition) is 1. The summed E-state index contributed by atoms with van der Waals surface area (Å²) in [6, 6.07) is 16.9. The lowest BCUT2D eigenvalue weighted by Gasteiger charge is -2.22. The molecular weight excluding hydrogens is 268 g/mol. The highest BCUT2D eigenvalue weighted by atomic mass is 35.5. The minimum Gasteiger partial charge on any atom is -0.493 e. The Balaban J connectivity index is 1.89. The molecule has 0 N–H and O–H groups in total. The third-order valence-electron chi connectivity index (χ3n) is 4.05. The molecule has 1 aliphatic rings. The summed E-state index contributed by atoms with van der Waals surface area (Å²) in [6.45, 7) is 2.99. The first kappa shape index (κ1) is 13.5. The summed E-state index contributed by atoms with van der Waals surface area (Å²) in [7, 11) is 0. The van der Waals surface area contributed by atoms with Crippen LogP contribution in [0.5, 0.6) is 5.75 Å². The molecule has 0 saturated heterocycles. The quantitative estimate of drug-likeness (QED) is 0.711. The summed E-state index contributed by atoms with van der Waals surface area (Å²) >= 11 is 6.77. The molecule has 3 rings (SSSR count). The van der Waals surface area contributed by atoms with Gasteiger partial charge in [-0.1, -0.05) is 49.4 Å². The Morgan fingerprint density at radius 2 is 1.90 bits per heavy atom.